The minimum Gasteiger partial charge on any atom is -0.350 e. The largest absolute Gasteiger partial charge is 0.350 e. The van der Waals surface area contributed by atoms with E-state index in [-0.39, 0.29) is 11.3 Å². The van der Waals surface area contributed by atoms with E-state index >= 15 is 0 Å². The molecule has 150 valence electrons. The van der Waals surface area contributed by atoms with Crippen molar-refractivity contribution in [2.45, 2.75) is 13.8 Å². The fourth-order valence-corrected chi connectivity index (χ4v) is 3.67. The Morgan fingerprint density at radius 2 is 1.43 bits per heavy atom. The van der Waals surface area contributed by atoms with Crippen LogP contribution in [-0.2, 0) is 9.59 Å². The molecule has 0 unspecified atom stereocenters. The van der Waals surface area contributed by atoms with Crippen LogP contribution in [0.2, 0.25) is 5.02 Å². The molecule has 0 radical (unpaired) electrons. The van der Waals surface area contributed by atoms with E-state index in [1.807, 2.05) is 32.0 Å². The predicted molar refractivity (Wildman–Crippen MR) is 117 cm³/mol. The predicted octanol–water partition coefficient (Wildman–Crippen LogP) is 5.49. The highest BCUT2D eigenvalue weighted by Gasteiger charge is 2.40. The molecule has 0 aliphatic carbocycles. The highest BCUT2D eigenvalue weighted by atomic mass is 35.5. The van der Waals surface area contributed by atoms with Gasteiger partial charge in [-0.05, 0) is 79.1 Å². The van der Waals surface area contributed by atoms with E-state index in [2.05, 4.69) is 5.32 Å². The topological polar surface area (TPSA) is 49.4 Å². The highest BCUT2D eigenvalue weighted by Crippen LogP contribution is 2.34. The van der Waals surface area contributed by atoms with Gasteiger partial charge in [0.05, 0.1) is 11.3 Å². The van der Waals surface area contributed by atoms with E-state index < -0.39 is 17.6 Å². The van der Waals surface area contributed by atoms with Gasteiger partial charge in [0.15, 0.2) is 0 Å². The summed E-state index contributed by atoms with van der Waals surface area (Å²) in [5.74, 6) is -1.39. The second-order valence-corrected chi connectivity index (χ2v) is 7.62. The van der Waals surface area contributed by atoms with Crippen molar-refractivity contribution in [3.05, 3.63) is 100.0 Å². The van der Waals surface area contributed by atoms with Gasteiger partial charge in [0, 0.05) is 10.7 Å². The third-order valence-electron chi connectivity index (χ3n) is 4.79. The van der Waals surface area contributed by atoms with Crippen LogP contribution in [0.15, 0.2) is 72.4 Å². The SMILES string of the molecule is Cc1cc(C)cc(NC2=C(c3ccc(F)cc3)C(=O)N(c3ccc(Cl)cc3)C2=O)c1. The van der Waals surface area contributed by atoms with Gasteiger partial charge in [-0.15, -0.1) is 0 Å². The lowest BCUT2D eigenvalue weighted by molar-refractivity contribution is -0.120. The Labute approximate surface area is 178 Å². The van der Waals surface area contributed by atoms with Crippen molar-refractivity contribution >= 4 is 40.4 Å². The maximum atomic E-state index is 13.5. The Morgan fingerprint density at radius 1 is 0.833 bits per heavy atom. The standard InChI is InChI=1S/C24H18ClFN2O2/c1-14-11-15(2)13-19(12-14)27-22-21(16-3-7-18(26)8-4-16)23(29)28(24(22)30)20-9-5-17(25)6-10-20/h3-13,27H,1-2H3. The number of imide groups is 1. The third kappa shape index (κ3) is 3.72. The van der Waals surface area contributed by atoms with Gasteiger partial charge in [0.25, 0.3) is 11.8 Å². The molecule has 30 heavy (non-hydrogen) atoms. The summed E-state index contributed by atoms with van der Waals surface area (Å²) in [6.45, 7) is 3.91. The molecule has 1 aliphatic rings. The Bertz CT molecular complexity index is 1160. The lowest BCUT2D eigenvalue weighted by Crippen LogP contribution is -2.32. The fraction of sp³-hybridized carbons (Fsp3) is 0.0833. The number of halogens is 2. The average molecular weight is 421 g/mol. The molecule has 0 spiro atoms. The molecular weight excluding hydrogens is 403 g/mol. The summed E-state index contributed by atoms with van der Waals surface area (Å²) in [6.07, 6.45) is 0. The van der Waals surface area contributed by atoms with Crippen LogP contribution in [0.4, 0.5) is 15.8 Å². The van der Waals surface area contributed by atoms with Gasteiger partial charge in [-0.1, -0.05) is 29.8 Å². The third-order valence-corrected chi connectivity index (χ3v) is 5.04. The van der Waals surface area contributed by atoms with Crippen molar-refractivity contribution in [2.75, 3.05) is 10.2 Å². The van der Waals surface area contributed by atoms with Gasteiger partial charge < -0.3 is 5.32 Å². The van der Waals surface area contributed by atoms with Crippen molar-refractivity contribution in [1.29, 1.82) is 0 Å². The van der Waals surface area contributed by atoms with E-state index in [4.69, 9.17) is 11.6 Å². The summed E-state index contributed by atoms with van der Waals surface area (Å²) in [6, 6.07) is 17.8. The Hall–Kier alpha value is -3.44. The number of nitrogens with one attached hydrogen (secondary N) is 1. The highest BCUT2D eigenvalue weighted by molar-refractivity contribution is 6.46. The van der Waals surface area contributed by atoms with E-state index in [9.17, 15) is 14.0 Å². The fourth-order valence-electron chi connectivity index (χ4n) is 3.55. The summed E-state index contributed by atoms with van der Waals surface area (Å²) in [4.78, 5) is 27.7. The number of amides is 2. The molecule has 3 aromatic rings. The van der Waals surface area contributed by atoms with Crippen molar-refractivity contribution in [3.63, 3.8) is 0 Å². The molecule has 0 atom stereocenters. The molecule has 0 saturated heterocycles. The molecule has 6 heteroatoms. The number of nitrogens with zero attached hydrogens (tertiary/aromatic N) is 1. The van der Waals surface area contributed by atoms with Crippen LogP contribution < -0.4 is 10.2 Å². The van der Waals surface area contributed by atoms with E-state index in [0.29, 0.717) is 22.0 Å². The van der Waals surface area contributed by atoms with E-state index in [1.165, 1.54) is 24.3 Å². The molecule has 2 amide bonds. The number of carbonyl (C=O) groups excluding carboxylic acids is 2. The van der Waals surface area contributed by atoms with Crippen molar-refractivity contribution in [1.82, 2.24) is 0 Å². The first-order valence-electron chi connectivity index (χ1n) is 9.33. The molecule has 0 bridgehead atoms. The van der Waals surface area contributed by atoms with Crippen LogP contribution >= 0.6 is 11.6 Å². The Morgan fingerprint density at radius 3 is 2.03 bits per heavy atom. The quantitative estimate of drug-likeness (QED) is 0.567. The molecule has 0 fully saturated rings. The summed E-state index contributed by atoms with van der Waals surface area (Å²) in [5, 5.41) is 3.62. The lowest BCUT2D eigenvalue weighted by Gasteiger charge is -2.15. The van der Waals surface area contributed by atoms with Gasteiger partial charge in [0.1, 0.15) is 11.5 Å². The summed E-state index contributed by atoms with van der Waals surface area (Å²) >= 11 is 5.95. The maximum Gasteiger partial charge on any atom is 0.282 e. The van der Waals surface area contributed by atoms with Crippen LogP contribution in [-0.4, -0.2) is 11.8 Å². The van der Waals surface area contributed by atoms with Gasteiger partial charge in [-0.3, -0.25) is 9.59 Å². The zero-order chi connectivity index (χ0) is 21.4. The molecular formula is C24H18ClFN2O2. The van der Waals surface area contributed by atoms with Gasteiger partial charge in [-0.25, -0.2) is 9.29 Å². The first-order chi connectivity index (χ1) is 14.3. The smallest absolute Gasteiger partial charge is 0.282 e. The minimum absolute atomic E-state index is 0.145. The first kappa shape index (κ1) is 19.9. The Balaban J connectivity index is 1.83. The molecule has 4 rings (SSSR count). The molecule has 0 saturated carbocycles. The summed E-state index contributed by atoms with van der Waals surface area (Å²) in [7, 11) is 0. The number of aryl methyl sites for hydroxylation is 2. The molecule has 1 aliphatic heterocycles. The normalized spacial score (nSPS) is 13.9. The van der Waals surface area contributed by atoms with E-state index in [0.717, 1.165) is 16.0 Å². The average Bonchev–Trinajstić information content (AvgIpc) is 2.93. The van der Waals surface area contributed by atoms with Crippen molar-refractivity contribution in [3.8, 4) is 0 Å². The van der Waals surface area contributed by atoms with Gasteiger partial charge in [-0.2, -0.15) is 0 Å². The number of benzene rings is 3. The monoisotopic (exact) mass is 420 g/mol. The van der Waals surface area contributed by atoms with Crippen LogP contribution in [0.5, 0.6) is 0 Å². The van der Waals surface area contributed by atoms with Crippen molar-refractivity contribution < 1.29 is 14.0 Å². The minimum atomic E-state index is -0.485. The molecule has 3 aromatic carbocycles. The van der Waals surface area contributed by atoms with Crippen molar-refractivity contribution in [2.24, 2.45) is 0 Å². The summed E-state index contributed by atoms with van der Waals surface area (Å²) in [5.41, 5.74) is 3.94. The van der Waals surface area contributed by atoms with Gasteiger partial charge >= 0.3 is 0 Å². The van der Waals surface area contributed by atoms with Crippen LogP contribution in [0.1, 0.15) is 16.7 Å². The molecule has 1 N–H and O–H groups in total. The molecule has 4 nitrogen and oxygen atoms in total. The first-order valence-corrected chi connectivity index (χ1v) is 9.71. The second-order valence-electron chi connectivity index (χ2n) is 7.18. The number of carbonyl (C=O) groups is 2. The van der Waals surface area contributed by atoms with Crippen LogP contribution in [0, 0.1) is 19.7 Å². The van der Waals surface area contributed by atoms with Crippen LogP contribution in [0.3, 0.4) is 0 Å². The Kier molecular flexibility index (Phi) is 5.14. The zero-order valence-corrected chi connectivity index (χ0v) is 17.1. The number of rotatable bonds is 4. The van der Waals surface area contributed by atoms with Crippen LogP contribution in [0.25, 0.3) is 5.57 Å². The van der Waals surface area contributed by atoms with Gasteiger partial charge in [0.2, 0.25) is 0 Å². The second kappa shape index (κ2) is 7.76. The number of anilines is 2. The maximum absolute atomic E-state index is 13.5. The molecule has 0 aromatic heterocycles. The number of hydrogen-bond donors (Lipinski definition) is 1. The zero-order valence-electron chi connectivity index (χ0n) is 16.4. The number of hydrogen-bond acceptors (Lipinski definition) is 3. The molecule has 1 heterocycles. The summed E-state index contributed by atoms with van der Waals surface area (Å²) < 4.78 is 13.5. The lowest BCUT2D eigenvalue weighted by atomic mass is 10.0. The van der Waals surface area contributed by atoms with E-state index in [1.54, 1.807) is 24.3 Å².